The number of hydrogen-bond acceptors (Lipinski definition) is 7. The summed E-state index contributed by atoms with van der Waals surface area (Å²) in [4.78, 5) is 0.339. The number of sulfone groups is 1. The molecule has 4 atom stereocenters. The molecule has 1 N–H and O–H groups in total. The van der Waals surface area contributed by atoms with Crippen LogP contribution in [-0.4, -0.2) is 19.8 Å². The Kier molecular flexibility index (Phi) is 18.1. The van der Waals surface area contributed by atoms with Gasteiger partial charge in [-0.15, -0.1) is 0 Å². The van der Waals surface area contributed by atoms with E-state index in [-0.39, 0.29) is 35.4 Å². The van der Waals surface area contributed by atoms with Crippen LogP contribution in [0.5, 0.6) is 28.7 Å². The highest BCUT2D eigenvalue weighted by molar-refractivity contribution is 9.11. The van der Waals surface area contributed by atoms with Crippen LogP contribution in [0.4, 0.5) is 13.2 Å². The van der Waals surface area contributed by atoms with Gasteiger partial charge < -0.3 is 24.1 Å². The van der Waals surface area contributed by atoms with E-state index >= 15 is 0 Å². The lowest BCUT2D eigenvalue weighted by atomic mass is 9.92. The second-order valence-corrected chi connectivity index (χ2v) is 24.7. The summed E-state index contributed by atoms with van der Waals surface area (Å²) in [6, 6.07) is 44.8. The van der Waals surface area contributed by atoms with Gasteiger partial charge in [-0.2, -0.15) is 0 Å². The number of aryl methyl sites for hydroxylation is 7. The molecular formula is C64H58Br3F3O7S. The van der Waals surface area contributed by atoms with Gasteiger partial charge in [0.1, 0.15) is 70.6 Å². The van der Waals surface area contributed by atoms with E-state index in [2.05, 4.69) is 104 Å². The largest absolute Gasteiger partial charge is 0.508 e. The lowest BCUT2D eigenvalue weighted by Crippen LogP contribution is -2.17. The van der Waals surface area contributed by atoms with E-state index in [4.69, 9.17) is 18.9 Å². The zero-order valence-electron chi connectivity index (χ0n) is 43.5. The number of phenols is 1. The van der Waals surface area contributed by atoms with E-state index < -0.39 is 27.6 Å². The van der Waals surface area contributed by atoms with Gasteiger partial charge >= 0.3 is 0 Å². The average Bonchev–Trinajstić information content (AvgIpc) is 3.46. The molecule has 404 valence electrons. The van der Waals surface area contributed by atoms with Crippen molar-refractivity contribution in [2.45, 2.75) is 101 Å². The third-order valence-electron chi connectivity index (χ3n) is 14.3. The van der Waals surface area contributed by atoms with Crippen molar-refractivity contribution in [3.8, 4) is 28.7 Å². The fourth-order valence-electron chi connectivity index (χ4n) is 10.3. The first kappa shape index (κ1) is 56.7. The van der Waals surface area contributed by atoms with Crippen molar-refractivity contribution >= 4 is 57.6 Å². The Hall–Kier alpha value is -6.06. The maximum atomic E-state index is 13.7. The summed E-state index contributed by atoms with van der Waals surface area (Å²) in [7, 11) is -3.15. The third kappa shape index (κ3) is 14.0. The maximum absolute atomic E-state index is 13.7. The smallest absolute Gasteiger partial charge is 0.175 e. The minimum atomic E-state index is -3.15. The van der Waals surface area contributed by atoms with Gasteiger partial charge in [0.15, 0.2) is 9.84 Å². The van der Waals surface area contributed by atoms with E-state index in [9.17, 15) is 26.7 Å². The molecule has 0 radical (unpaired) electrons. The Bertz CT molecular complexity index is 3440. The zero-order chi connectivity index (χ0) is 55.3. The highest BCUT2D eigenvalue weighted by atomic mass is 79.9. The second kappa shape index (κ2) is 24.9. The Morgan fingerprint density at radius 3 is 1.41 bits per heavy atom. The number of phenolic OH excluding ortho intramolecular Hbond substituents is 1. The summed E-state index contributed by atoms with van der Waals surface area (Å²) < 4.78 is 90.5. The van der Waals surface area contributed by atoms with E-state index in [1.807, 2.05) is 55.5 Å². The van der Waals surface area contributed by atoms with E-state index in [0.29, 0.717) is 23.5 Å². The molecule has 0 fully saturated rings. The molecule has 0 bridgehead atoms. The maximum Gasteiger partial charge on any atom is 0.175 e. The van der Waals surface area contributed by atoms with Crippen molar-refractivity contribution in [1.82, 2.24) is 0 Å². The Labute approximate surface area is 480 Å². The molecule has 0 saturated heterocycles. The number of aromatic hydroxyl groups is 1. The minimum Gasteiger partial charge on any atom is -0.508 e. The van der Waals surface area contributed by atoms with Crippen LogP contribution in [0.15, 0.2) is 170 Å². The third-order valence-corrected chi connectivity index (χ3v) is 16.9. The van der Waals surface area contributed by atoms with Gasteiger partial charge in [0.05, 0.1) is 4.90 Å². The predicted molar refractivity (Wildman–Crippen MR) is 310 cm³/mol. The van der Waals surface area contributed by atoms with Gasteiger partial charge in [-0.25, -0.2) is 21.6 Å². The summed E-state index contributed by atoms with van der Waals surface area (Å²) in [5.41, 5.74) is 11.9. The Morgan fingerprint density at radius 2 is 0.885 bits per heavy atom. The standard InChI is InChI=1S/C17H17BrO.C16H14BrFO.C16H15BrO3S.C15H12F2O2/c1-11-4-3-5-12(2)17(11)16-8-6-13-10-14(18)7-9-15(13)19-16;1-10-2-5-13(18)9-14(10)16-6-3-11-8-12(17)4-7-15(11)19-16;1-21(18,19)14-6-2-11(3-7-14)15-8-4-12-10-13(17)5-9-16(12)20-15;16-10-2-4-13(17)12(8-10)15-5-1-9-7-11(18)3-6-14(9)19-15/h3-5,7,9-10,16H,6,8H2,1-2H3;2,4-5,7-9,16H,3,6H2,1H3;2-3,5-7,9-10,15H,4,8H2,1H3;2-4,6-8,15,18H,1,5H2. The van der Waals surface area contributed by atoms with Crippen molar-refractivity contribution < 1.29 is 45.6 Å². The number of rotatable bonds is 5. The first-order valence-electron chi connectivity index (χ1n) is 25.8. The van der Waals surface area contributed by atoms with Gasteiger partial charge in [0, 0.05) is 25.2 Å². The fourth-order valence-corrected chi connectivity index (χ4v) is 12.2. The quantitative estimate of drug-likeness (QED) is 0.184. The molecule has 4 unspecified atom stereocenters. The summed E-state index contributed by atoms with van der Waals surface area (Å²) in [5.74, 6) is 2.48. The topological polar surface area (TPSA) is 91.3 Å². The molecule has 0 saturated carbocycles. The first-order chi connectivity index (χ1) is 37.3. The van der Waals surface area contributed by atoms with E-state index in [0.717, 1.165) is 104 Å². The Balaban J connectivity index is 0.000000127. The highest BCUT2D eigenvalue weighted by Crippen LogP contribution is 2.41. The van der Waals surface area contributed by atoms with Crippen LogP contribution in [0.1, 0.15) is 111 Å². The number of halogens is 6. The summed E-state index contributed by atoms with van der Waals surface area (Å²) in [6.07, 6.45) is 7.86. The zero-order valence-corrected chi connectivity index (χ0v) is 49.0. The highest BCUT2D eigenvalue weighted by Gasteiger charge is 2.27. The van der Waals surface area contributed by atoms with Crippen LogP contribution in [-0.2, 0) is 35.5 Å². The number of fused-ring (bicyclic) bond motifs is 4. The van der Waals surface area contributed by atoms with Gasteiger partial charge in [-0.1, -0.05) is 84.2 Å². The van der Waals surface area contributed by atoms with Gasteiger partial charge in [0.25, 0.3) is 0 Å². The fraction of sp³-hybridized carbons (Fsp3) is 0.250. The van der Waals surface area contributed by atoms with Gasteiger partial charge in [-0.3, -0.25) is 0 Å². The molecule has 0 aromatic heterocycles. The number of hydrogen-bond donors (Lipinski definition) is 1. The molecule has 0 aliphatic carbocycles. The van der Waals surface area contributed by atoms with E-state index in [1.54, 1.807) is 30.3 Å². The summed E-state index contributed by atoms with van der Waals surface area (Å²) >= 11 is 10.4. The normalized spacial score (nSPS) is 17.8. The molecule has 12 rings (SSSR count). The molecule has 7 nitrogen and oxygen atoms in total. The number of benzene rings is 8. The monoisotopic (exact) mass is 1260 g/mol. The first-order valence-corrected chi connectivity index (χ1v) is 30.0. The lowest BCUT2D eigenvalue weighted by molar-refractivity contribution is 0.171. The van der Waals surface area contributed by atoms with E-state index in [1.165, 1.54) is 57.8 Å². The molecule has 14 heteroatoms. The number of ether oxygens (including phenoxy) is 4. The predicted octanol–water partition coefficient (Wildman–Crippen LogP) is 17.8. The lowest BCUT2D eigenvalue weighted by Gasteiger charge is -2.28. The van der Waals surface area contributed by atoms with Crippen molar-refractivity contribution in [2.75, 3.05) is 6.26 Å². The van der Waals surface area contributed by atoms with Gasteiger partial charge in [-0.05, 0) is 243 Å². The average molecular weight is 1270 g/mol. The van der Waals surface area contributed by atoms with Crippen LogP contribution in [0.3, 0.4) is 0 Å². The van der Waals surface area contributed by atoms with Crippen LogP contribution >= 0.6 is 47.8 Å². The molecule has 8 aromatic carbocycles. The Morgan fingerprint density at radius 1 is 0.462 bits per heavy atom. The van der Waals surface area contributed by atoms with Gasteiger partial charge in [0.2, 0.25) is 0 Å². The van der Waals surface area contributed by atoms with Crippen LogP contribution in [0.25, 0.3) is 0 Å². The summed E-state index contributed by atoms with van der Waals surface area (Å²) in [6.45, 7) is 6.33. The second-order valence-electron chi connectivity index (χ2n) is 19.9. The van der Waals surface area contributed by atoms with Crippen LogP contribution in [0.2, 0.25) is 0 Å². The SMILES string of the molecule is CS(=O)(=O)c1ccc(C2CCc3cc(Br)ccc3O2)cc1.Cc1ccc(F)cc1C1CCc2cc(Br)ccc2O1.Cc1cccc(C)c1C1CCc2cc(Br)ccc2O1.Oc1ccc2c(c1)CCC(c1cc(F)ccc1F)O2. The molecule has 0 spiro atoms. The molecule has 4 aliphatic rings. The van der Waals surface area contributed by atoms with Crippen molar-refractivity contribution in [2.24, 2.45) is 0 Å². The summed E-state index contributed by atoms with van der Waals surface area (Å²) in [5, 5.41) is 9.39. The molecule has 0 amide bonds. The van der Waals surface area contributed by atoms with Crippen molar-refractivity contribution in [1.29, 1.82) is 0 Å². The molecule has 4 aliphatic heterocycles. The molecule has 4 heterocycles. The van der Waals surface area contributed by atoms with Crippen molar-refractivity contribution in [3.63, 3.8) is 0 Å². The minimum absolute atomic E-state index is 0.0210. The van der Waals surface area contributed by atoms with Crippen molar-refractivity contribution in [3.05, 3.63) is 244 Å². The van der Waals surface area contributed by atoms with Crippen LogP contribution < -0.4 is 18.9 Å². The molecule has 8 aromatic rings. The van der Waals surface area contributed by atoms with Crippen LogP contribution in [0, 0.1) is 38.2 Å². The molecular weight excluding hydrogens is 1210 g/mol. The molecule has 78 heavy (non-hydrogen) atoms.